The van der Waals surface area contributed by atoms with E-state index in [4.69, 9.17) is 5.11 Å². The molecule has 1 saturated carbocycles. The van der Waals surface area contributed by atoms with Crippen molar-refractivity contribution in [2.45, 2.75) is 38.6 Å². The molecule has 1 unspecified atom stereocenters. The molecule has 1 aromatic carbocycles. The van der Waals surface area contributed by atoms with Gasteiger partial charge in [-0.3, -0.25) is 9.36 Å². The molecule has 1 fully saturated rings. The van der Waals surface area contributed by atoms with Crippen molar-refractivity contribution in [2.24, 2.45) is 5.92 Å². The molecule has 0 saturated heterocycles. The summed E-state index contributed by atoms with van der Waals surface area (Å²) < 4.78 is 1.83. The smallest absolute Gasteiger partial charge is 0.326 e. The maximum atomic E-state index is 12.2. The first kappa shape index (κ1) is 15.8. The van der Waals surface area contributed by atoms with E-state index in [9.17, 15) is 9.59 Å². The van der Waals surface area contributed by atoms with Crippen LogP contribution in [0.1, 0.15) is 49.0 Å². The second-order valence-electron chi connectivity index (χ2n) is 6.47. The van der Waals surface area contributed by atoms with Crippen molar-refractivity contribution in [1.29, 1.82) is 0 Å². The summed E-state index contributed by atoms with van der Waals surface area (Å²) in [5, 5.41) is 11.8. The second-order valence-corrected chi connectivity index (χ2v) is 6.47. The Hall–Kier alpha value is -2.08. The molecule has 1 heterocycles. The van der Waals surface area contributed by atoms with Gasteiger partial charge in [-0.1, -0.05) is 19.8 Å². The Labute approximate surface area is 134 Å². The number of hydrogen-bond donors (Lipinski definition) is 3. The molecule has 124 valence electrons. The minimum absolute atomic E-state index is 0.0194. The third kappa shape index (κ3) is 3.17. The molecule has 1 aliphatic rings. The fourth-order valence-corrected chi connectivity index (χ4v) is 3.23. The number of fused-ring (bicyclic) bond motifs is 1. The third-order valence-electron chi connectivity index (χ3n) is 4.59. The number of hydrogen-bond acceptors (Lipinski definition) is 3. The molecule has 6 nitrogen and oxygen atoms in total. The molecule has 0 bridgehead atoms. The van der Waals surface area contributed by atoms with Crippen LogP contribution in [-0.2, 0) is 0 Å². The van der Waals surface area contributed by atoms with E-state index in [2.05, 4.69) is 10.3 Å². The van der Waals surface area contributed by atoms with Crippen LogP contribution in [0.5, 0.6) is 0 Å². The van der Waals surface area contributed by atoms with Gasteiger partial charge in [0.1, 0.15) is 0 Å². The SMILES string of the molecule is CC(CO)CNC(=O)c1ccc2c(c1)[nH]c(=O)n2C1CCCC1. The summed E-state index contributed by atoms with van der Waals surface area (Å²) in [6, 6.07) is 5.58. The summed E-state index contributed by atoms with van der Waals surface area (Å²) in [7, 11) is 0. The zero-order valence-corrected chi connectivity index (χ0v) is 13.3. The Kier molecular flexibility index (Phi) is 4.52. The van der Waals surface area contributed by atoms with Crippen LogP contribution < -0.4 is 11.0 Å². The summed E-state index contributed by atoms with van der Waals surface area (Å²) in [4.78, 5) is 27.3. The third-order valence-corrected chi connectivity index (χ3v) is 4.59. The molecule has 1 aromatic heterocycles. The molecule has 23 heavy (non-hydrogen) atoms. The highest BCUT2D eigenvalue weighted by Crippen LogP contribution is 2.30. The molecule has 1 aliphatic carbocycles. The van der Waals surface area contributed by atoms with E-state index in [0.717, 1.165) is 31.2 Å². The van der Waals surface area contributed by atoms with Gasteiger partial charge in [-0.15, -0.1) is 0 Å². The van der Waals surface area contributed by atoms with Crippen LogP contribution in [0.4, 0.5) is 0 Å². The van der Waals surface area contributed by atoms with Gasteiger partial charge in [-0.25, -0.2) is 4.79 Å². The van der Waals surface area contributed by atoms with Crippen molar-refractivity contribution < 1.29 is 9.90 Å². The predicted octanol–water partition coefficient (Wildman–Crippen LogP) is 1.80. The van der Waals surface area contributed by atoms with Crippen molar-refractivity contribution >= 4 is 16.9 Å². The number of benzene rings is 1. The highest BCUT2D eigenvalue weighted by atomic mass is 16.3. The molecule has 2 aromatic rings. The zero-order valence-electron chi connectivity index (χ0n) is 13.3. The van der Waals surface area contributed by atoms with Gasteiger partial charge in [0.2, 0.25) is 0 Å². The van der Waals surface area contributed by atoms with Gasteiger partial charge in [0, 0.05) is 24.8 Å². The predicted molar refractivity (Wildman–Crippen MR) is 88.6 cm³/mol. The largest absolute Gasteiger partial charge is 0.396 e. The molecular formula is C17H23N3O3. The monoisotopic (exact) mass is 317 g/mol. The fourth-order valence-electron chi connectivity index (χ4n) is 3.23. The Bertz CT molecular complexity index is 756. The van der Waals surface area contributed by atoms with Crippen molar-refractivity contribution in [1.82, 2.24) is 14.9 Å². The average molecular weight is 317 g/mol. The first-order valence-electron chi connectivity index (χ1n) is 8.23. The molecule has 0 radical (unpaired) electrons. The quantitative estimate of drug-likeness (QED) is 0.786. The molecule has 3 N–H and O–H groups in total. The molecule has 0 aliphatic heterocycles. The Morgan fingerprint density at radius 1 is 1.43 bits per heavy atom. The van der Waals surface area contributed by atoms with E-state index < -0.39 is 0 Å². The Morgan fingerprint density at radius 2 is 2.17 bits per heavy atom. The number of amides is 1. The highest BCUT2D eigenvalue weighted by molar-refractivity contribution is 5.97. The Balaban J connectivity index is 1.85. The van der Waals surface area contributed by atoms with Gasteiger partial charge in [0.05, 0.1) is 11.0 Å². The number of aliphatic hydroxyl groups is 1. The van der Waals surface area contributed by atoms with E-state index >= 15 is 0 Å². The van der Waals surface area contributed by atoms with Crippen molar-refractivity contribution in [3.8, 4) is 0 Å². The van der Waals surface area contributed by atoms with Crippen LogP contribution in [-0.4, -0.2) is 33.7 Å². The van der Waals surface area contributed by atoms with E-state index in [1.807, 2.05) is 17.6 Å². The van der Waals surface area contributed by atoms with Gasteiger partial charge < -0.3 is 15.4 Å². The highest BCUT2D eigenvalue weighted by Gasteiger charge is 2.21. The molecule has 6 heteroatoms. The van der Waals surface area contributed by atoms with Crippen molar-refractivity contribution in [3.05, 3.63) is 34.2 Å². The fraction of sp³-hybridized carbons (Fsp3) is 0.529. The van der Waals surface area contributed by atoms with E-state index in [1.54, 1.807) is 12.1 Å². The molecule has 0 spiro atoms. The molecule has 3 rings (SSSR count). The van der Waals surface area contributed by atoms with Crippen LogP contribution >= 0.6 is 0 Å². The van der Waals surface area contributed by atoms with Gasteiger partial charge in [-0.05, 0) is 37.0 Å². The van der Waals surface area contributed by atoms with E-state index in [0.29, 0.717) is 17.6 Å². The van der Waals surface area contributed by atoms with Gasteiger partial charge >= 0.3 is 5.69 Å². The van der Waals surface area contributed by atoms with E-state index in [-0.39, 0.29) is 30.2 Å². The van der Waals surface area contributed by atoms with Gasteiger partial charge in [-0.2, -0.15) is 0 Å². The number of aromatic nitrogens is 2. The minimum atomic E-state index is -0.193. The molecular weight excluding hydrogens is 294 g/mol. The number of carbonyl (C=O) groups is 1. The van der Waals surface area contributed by atoms with Gasteiger partial charge in [0.25, 0.3) is 5.91 Å². The number of aliphatic hydroxyl groups excluding tert-OH is 1. The summed E-state index contributed by atoms with van der Waals surface area (Å²) in [6.45, 7) is 2.33. The molecule has 1 atom stereocenters. The number of nitrogens with zero attached hydrogens (tertiary/aromatic N) is 1. The lowest BCUT2D eigenvalue weighted by Gasteiger charge is -2.12. The summed E-state index contributed by atoms with van der Waals surface area (Å²) in [5.74, 6) is -0.174. The standard InChI is InChI=1S/C17H23N3O3/c1-11(10-21)9-18-16(22)12-6-7-15-14(8-12)19-17(23)20(15)13-4-2-3-5-13/h6-8,11,13,21H,2-5,9-10H2,1H3,(H,18,22)(H,19,23). The van der Waals surface area contributed by atoms with Crippen LogP contribution in [0.15, 0.2) is 23.0 Å². The summed E-state index contributed by atoms with van der Waals surface area (Å²) in [5.41, 5.74) is 1.98. The normalized spacial score (nSPS) is 16.8. The number of rotatable bonds is 5. The topological polar surface area (TPSA) is 87.1 Å². The number of nitrogens with one attached hydrogen (secondary N) is 2. The molecule has 1 amide bonds. The first-order chi connectivity index (χ1) is 11.1. The van der Waals surface area contributed by atoms with Crippen molar-refractivity contribution in [3.63, 3.8) is 0 Å². The first-order valence-corrected chi connectivity index (χ1v) is 8.23. The van der Waals surface area contributed by atoms with Gasteiger partial charge in [0.15, 0.2) is 0 Å². The Morgan fingerprint density at radius 3 is 2.87 bits per heavy atom. The second kappa shape index (κ2) is 6.58. The van der Waals surface area contributed by atoms with Crippen LogP contribution in [0, 0.1) is 5.92 Å². The van der Waals surface area contributed by atoms with Crippen LogP contribution in [0.25, 0.3) is 11.0 Å². The summed E-state index contributed by atoms with van der Waals surface area (Å²) in [6.07, 6.45) is 4.39. The van der Waals surface area contributed by atoms with Crippen molar-refractivity contribution in [2.75, 3.05) is 13.2 Å². The summed E-state index contributed by atoms with van der Waals surface area (Å²) >= 11 is 0. The number of aromatic amines is 1. The average Bonchev–Trinajstić information content (AvgIpc) is 3.17. The lowest BCUT2D eigenvalue weighted by Crippen LogP contribution is -2.29. The van der Waals surface area contributed by atoms with E-state index in [1.165, 1.54) is 0 Å². The minimum Gasteiger partial charge on any atom is -0.396 e. The lowest BCUT2D eigenvalue weighted by molar-refractivity contribution is 0.0942. The van der Waals surface area contributed by atoms with Crippen LogP contribution in [0.2, 0.25) is 0 Å². The lowest BCUT2D eigenvalue weighted by atomic mass is 10.1. The van der Waals surface area contributed by atoms with Crippen LogP contribution in [0.3, 0.4) is 0 Å². The maximum Gasteiger partial charge on any atom is 0.326 e. The number of imidazole rings is 1. The zero-order chi connectivity index (χ0) is 16.4. The maximum absolute atomic E-state index is 12.2. The number of H-pyrrole nitrogens is 1. The number of carbonyl (C=O) groups excluding carboxylic acids is 1.